The second-order valence-electron chi connectivity index (χ2n) is 4.32. The first-order chi connectivity index (χ1) is 8.83. The van der Waals surface area contributed by atoms with E-state index in [1.54, 1.807) is 18.5 Å². The van der Waals surface area contributed by atoms with Gasteiger partial charge in [-0.25, -0.2) is 4.39 Å². The van der Waals surface area contributed by atoms with Crippen molar-refractivity contribution < 1.29 is 4.39 Å². The molecule has 0 aliphatic heterocycles. The molecule has 0 N–H and O–H groups in total. The van der Waals surface area contributed by atoms with Crippen LogP contribution in [0.4, 0.5) is 4.39 Å². The summed E-state index contributed by atoms with van der Waals surface area (Å²) in [6.07, 6.45) is 6.51. The molecule has 1 aromatic carbocycles. The maximum Gasteiger partial charge on any atom is 0.125 e. The Bertz CT molecular complexity index is 659. The first-order valence-corrected chi connectivity index (χ1v) is 5.96. The standard InChI is InChI=1S/C15H13FN2/c16-14-2-1-13-6-10-18(15(13)11-14)9-5-12-3-7-17-8-4-12/h1-4,6-8,10-11H,5,9H2. The normalized spacial score (nSPS) is 10.9. The van der Waals surface area contributed by atoms with Crippen molar-refractivity contribution in [3.8, 4) is 0 Å². The van der Waals surface area contributed by atoms with Crippen LogP contribution >= 0.6 is 0 Å². The van der Waals surface area contributed by atoms with Crippen LogP contribution in [0.1, 0.15) is 5.56 Å². The van der Waals surface area contributed by atoms with E-state index in [2.05, 4.69) is 9.55 Å². The number of hydrogen-bond acceptors (Lipinski definition) is 1. The van der Waals surface area contributed by atoms with Gasteiger partial charge in [-0.1, -0.05) is 0 Å². The summed E-state index contributed by atoms with van der Waals surface area (Å²) in [7, 11) is 0. The van der Waals surface area contributed by atoms with E-state index in [0.29, 0.717) is 0 Å². The topological polar surface area (TPSA) is 17.8 Å². The van der Waals surface area contributed by atoms with Gasteiger partial charge in [0.05, 0.1) is 5.52 Å². The molecule has 90 valence electrons. The van der Waals surface area contributed by atoms with Crippen LogP contribution in [-0.2, 0) is 13.0 Å². The van der Waals surface area contributed by atoms with Crippen LogP contribution in [0.5, 0.6) is 0 Å². The van der Waals surface area contributed by atoms with Crippen molar-refractivity contribution in [2.24, 2.45) is 0 Å². The minimum absolute atomic E-state index is 0.189. The van der Waals surface area contributed by atoms with Gasteiger partial charge in [0.15, 0.2) is 0 Å². The first kappa shape index (κ1) is 11.0. The lowest BCUT2D eigenvalue weighted by atomic mass is 10.2. The van der Waals surface area contributed by atoms with E-state index in [4.69, 9.17) is 0 Å². The summed E-state index contributed by atoms with van der Waals surface area (Å²) in [5, 5.41) is 1.08. The van der Waals surface area contributed by atoms with Gasteiger partial charge in [-0.15, -0.1) is 0 Å². The van der Waals surface area contributed by atoms with Crippen LogP contribution < -0.4 is 0 Å². The monoisotopic (exact) mass is 240 g/mol. The maximum absolute atomic E-state index is 13.2. The fourth-order valence-electron chi connectivity index (χ4n) is 2.15. The molecule has 0 unspecified atom stereocenters. The van der Waals surface area contributed by atoms with Crippen molar-refractivity contribution >= 4 is 10.9 Å². The highest BCUT2D eigenvalue weighted by atomic mass is 19.1. The Labute approximate surface area is 105 Å². The van der Waals surface area contributed by atoms with E-state index in [-0.39, 0.29) is 5.82 Å². The van der Waals surface area contributed by atoms with Crippen molar-refractivity contribution in [3.05, 3.63) is 66.4 Å². The number of aromatic nitrogens is 2. The molecule has 0 saturated carbocycles. The fourth-order valence-corrected chi connectivity index (χ4v) is 2.15. The maximum atomic E-state index is 13.2. The zero-order valence-electron chi connectivity index (χ0n) is 9.88. The predicted molar refractivity (Wildman–Crippen MR) is 69.8 cm³/mol. The molecule has 2 aromatic heterocycles. The van der Waals surface area contributed by atoms with Crippen LogP contribution in [0.25, 0.3) is 10.9 Å². The third-order valence-electron chi connectivity index (χ3n) is 3.13. The van der Waals surface area contributed by atoms with Crippen molar-refractivity contribution in [2.75, 3.05) is 0 Å². The fraction of sp³-hybridized carbons (Fsp3) is 0.133. The van der Waals surface area contributed by atoms with E-state index in [9.17, 15) is 4.39 Å². The molecule has 0 radical (unpaired) electrons. The molecule has 3 rings (SSSR count). The van der Waals surface area contributed by atoms with E-state index < -0.39 is 0 Å². The van der Waals surface area contributed by atoms with Crippen molar-refractivity contribution in [1.29, 1.82) is 0 Å². The van der Waals surface area contributed by atoms with E-state index in [0.717, 1.165) is 23.9 Å². The van der Waals surface area contributed by atoms with E-state index in [1.807, 2.05) is 30.5 Å². The lowest BCUT2D eigenvalue weighted by Gasteiger charge is -2.05. The first-order valence-electron chi connectivity index (χ1n) is 5.96. The van der Waals surface area contributed by atoms with Gasteiger partial charge in [-0.05, 0) is 53.8 Å². The third-order valence-corrected chi connectivity index (χ3v) is 3.13. The molecule has 0 saturated heterocycles. The second-order valence-corrected chi connectivity index (χ2v) is 4.32. The minimum atomic E-state index is -0.189. The Kier molecular flexibility index (Phi) is 2.81. The molecule has 3 aromatic rings. The summed E-state index contributed by atoms with van der Waals surface area (Å²) in [5.74, 6) is -0.189. The highest BCUT2D eigenvalue weighted by Crippen LogP contribution is 2.17. The summed E-state index contributed by atoms with van der Waals surface area (Å²) in [5.41, 5.74) is 2.19. The lowest BCUT2D eigenvalue weighted by molar-refractivity contribution is 0.627. The van der Waals surface area contributed by atoms with Gasteiger partial charge >= 0.3 is 0 Å². The van der Waals surface area contributed by atoms with Gasteiger partial charge in [0.25, 0.3) is 0 Å². The molecular formula is C15H13FN2. The summed E-state index contributed by atoms with van der Waals surface area (Å²) in [4.78, 5) is 4.00. The Balaban J connectivity index is 1.85. The van der Waals surface area contributed by atoms with E-state index in [1.165, 1.54) is 11.6 Å². The van der Waals surface area contributed by atoms with Crippen LogP contribution in [0.3, 0.4) is 0 Å². The number of rotatable bonds is 3. The quantitative estimate of drug-likeness (QED) is 0.686. The molecule has 2 nitrogen and oxygen atoms in total. The van der Waals surface area contributed by atoms with Crippen LogP contribution in [0.2, 0.25) is 0 Å². The van der Waals surface area contributed by atoms with Crippen LogP contribution in [0.15, 0.2) is 55.0 Å². The molecule has 3 heteroatoms. The van der Waals surface area contributed by atoms with Gasteiger partial charge in [0.2, 0.25) is 0 Å². The summed E-state index contributed by atoms with van der Waals surface area (Å²) < 4.78 is 15.3. The number of nitrogens with zero attached hydrogens (tertiary/aromatic N) is 2. The van der Waals surface area contributed by atoms with Gasteiger partial charge in [0.1, 0.15) is 5.82 Å². The Morgan fingerprint density at radius 3 is 2.72 bits per heavy atom. The zero-order valence-corrected chi connectivity index (χ0v) is 9.88. The Morgan fingerprint density at radius 1 is 1.06 bits per heavy atom. The van der Waals surface area contributed by atoms with Gasteiger partial charge in [0, 0.05) is 25.1 Å². The number of hydrogen-bond donors (Lipinski definition) is 0. The highest BCUT2D eigenvalue weighted by Gasteiger charge is 2.02. The minimum Gasteiger partial charge on any atom is -0.347 e. The third kappa shape index (κ3) is 2.12. The average Bonchev–Trinajstić information content (AvgIpc) is 2.80. The van der Waals surface area contributed by atoms with Gasteiger partial charge in [-0.2, -0.15) is 0 Å². The summed E-state index contributed by atoms with van der Waals surface area (Å²) in [6, 6.07) is 10.9. The van der Waals surface area contributed by atoms with E-state index >= 15 is 0 Å². The molecular weight excluding hydrogens is 227 g/mol. The number of aryl methyl sites for hydroxylation is 2. The number of halogens is 1. The molecule has 0 spiro atoms. The average molecular weight is 240 g/mol. The molecule has 0 aliphatic carbocycles. The largest absolute Gasteiger partial charge is 0.347 e. The molecule has 2 heterocycles. The highest BCUT2D eigenvalue weighted by molar-refractivity contribution is 5.80. The Morgan fingerprint density at radius 2 is 1.89 bits per heavy atom. The predicted octanol–water partition coefficient (Wildman–Crippen LogP) is 3.42. The SMILES string of the molecule is Fc1ccc2ccn(CCc3ccncc3)c2c1. The second kappa shape index (κ2) is 4.61. The number of benzene rings is 1. The van der Waals surface area contributed by atoms with Crippen molar-refractivity contribution in [2.45, 2.75) is 13.0 Å². The molecule has 0 atom stereocenters. The Hall–Kier alpha value is -2.16. The van der Waals surface area contributed by atoms with Gasteiger partial charge < -0.3 is 4.57 Å². The number of fused-ring (bicyclic) bond motifs is 1. The van der Waals surface area contributed by atoms with Crippen molar-refractivity contribution in [1.82, 2.24) is 9.55 Å². The molecule has 18 heavy (non-hydrogen) atoms. The van der Waals surface area contributed by atoms with Gasteiger partial charge in [-0.3, -0.25) is 4.98 Å². The molecule has 0 amide bonds. The molecule has 0 aliphatic rings. The zero-order chi connectivity index (χ0) is 12.4. The van der Waals surface area contributed by atoms with Crippen LogP contribution in [0, 0.1) is 5.82 Å². The molecule has 0 bridgehead atoms. The summed E-state index contributed by atoms with van der Waals surface area (Å²) in [6.45, 7) is 0.844. The smallest absolute Gasteiger partial charge is 0.125 e. The lowest BCUT2D eigenvalue weighted by Crippen LogP contribution is -1.99. The summed E-state index contributed by atoms with van der Waals surface area (Å²) >= 11 is 0. The van der Waals surface area contributed by atoms with Crippen molar-refractivity contribution in [3.63, 3.8) is 0 Å². The molecule has 0 fully saturated rings. The number of pyridine rings is 1. The van der Waals surface area contributed by atoms with Crippen LogP contribution in [-0.4, -0.2) is 9.55 Å².